The number of rotatable bonds is 8. The van der Waals surface area contributed by atoms with Gasteiger partial charge in [0.05, 0.1) is 0 Å². The Bertz CT molecular complexity index is 508. The van der Waals surface area contributed by atoms with Crippen LogP contribution in [0.15, 0.2) is 15.8 Å². The lowest BCUT2D eigenvalue weighted by atomic mass is 10.2. The van der Waals surface area contributed by atoms with Gasteiger partial charge < -0.3 is 5.32 Å². The molecule has 0 saturated carbocycles. The zero-order valence-electron chi connectivity index (χ0n) is 12.6. The van der Waals surface area contributed by atoms with Gasteiger partial charge in [0.2, 0.25) is 0 Å². The molecule has 0 atom stereocenters. The molecule has 1 aromatic heterocycles. The monoisotopic (exact) mass is 303 g/mol. The second kappa shape index (κ2) is 9.64. The van der Waals surface area contributed by atoms with E-state index in [2.05, 4.69) is 12.2 Å². The van der Waals surface area contributed by atoms with Gasteiger partial charge in [-0.3, -0.25) is 13.9 Å². The summed E-state index contributed by atoms with van der Waals surface area (Å²) in [5.74, 6) is 0. The van der Waals surface area contributed by atoms with E-state index in [0.717, 1.165) is 19.4 Å². The number of aromatic nitrogens is 2. The lowest BCUT2D eigenvalue weighted by Crippen LogP contribution is -2.38. The van der Waals surface area contributed by atoms with Gasteiger partial charge in [-0.05, 0) is 12.8 Å². The van der Waals surface area contributed by atoms with Crippen LogP contribution in [0.5, 0.6) is 0 Å². The highest BCUT2D eigenvalue weighted by molar-refractivity contribution is 5.85. The molecule has 0 saturated heterocycles. The molecule has 0 fully saturated rings. The van der Waals surface area contributed by atoms with E-state index in [1.807, 2.05) is 6.92 Å². The molecular formula is C14H26ClN3O2. The Morgan fingerprint density at radius 1 is 1.10 bits per heavy atom. The van der Waals surface area contributed by atoms with E-state index < -0.39 is 0 Å². The van der Waals surface area contributed by atoms with Crippen LogP contribution in [-0.4, -0.2) is 15.7 Å². The first kappa shape index (κ1) is 18.8. The summed E-state index contributed by atoms with van der Waals surface area (Å²) in [5.41, 5.74) is 0.0308. The maximum atomic E-state index is 12.0. The number of hydrogen-bond acceptors (Lipinski definition) is 3. The molecule has 1 N–H and O–H groups in total. The van der Waals surface area contributed by atoms with Gasteiger partial charge >= 0.3 is 5.69 Å². The average molecular weight is 304 g/mol. The molecular weight excluding hydrogens is 278 g/mol. The van der Waals surface area contributed by atoms with Crippen molar-refractivity contribution < 1.29 is 0 Å². The minimum absolute atomic E-state index is 0. The quantitative estimate of drug-likeness (QED) is 0.750. The van der Waals surface area contributed by atoms with Crippen LogP contribution in [0.1, 0.15) is 46.0 Å². The van der Waals surface area contributed by atoms with Crippen LogP contribution in [0.25, 0.3) is 0 Å². The fourth-order valence-corrected chi connectivity index (χ4v) is 2.02. The minimum atomic E-state index is -0.247. The summed E-state index contributed by atoms with van der Waals surface area (Å²) < 4.78 is 2.76. The fraction of sp³-hybridized carbons (Fsp3) is 0.714. The molecule has 0 radical (unpaired) electrons. The molecule has 1 heterocycles. The average Bonchev–Trinajstić information content (AvgIpc) is 2.41. The first-order valence-corrected chi connectivity index (χ1v) is 7.16. The molecule has 1 rings (SSSR count). The van der Waals surface area contributed by atoms with Crippen LogP contribution in [-0.2, 0) is 13.6 Å². The summed E-state index contributed by atoms with van der Waals surface area (Å²) in [6.07, 6.45) is 7.14. The van der Waals surface area contributed by atoms with Crippen molar-refractivity contribution in [3.05, 3.63) is 27.0 Å². The Balaban J connectivity index is 0.00000361. The lowest BCUT2D eigenvalue weighted by Gasteiger charge is -2.11. The van der Waals surface area contributed by atoms with Crippen molar-refractivity contribution in [3.63, 3.8) is 0 Å². The number of aryl methyl sites for hydroxylation is 1. The Morgan fingerprint density at radius 2 is 1.80 bits per heavy atom. The first-order chi connectivity index (χ1) is 9.11. The van der Waals surface area contributed by atoms with Crippen molar-refractivity contribution in [3.8, 4) is 0 Å². The van der Waals surface area contributed by atoms with Crippen LogP contribution >= 0.6 is 12.4 Å². The highest BCUT2D eigenvalue weighted by Gasteiger charge is 2.07. The molecule has 0 aliphatic rings. The Hall–Kier alpha value is -1.23. The number of unbranched alkanes of at least 4 members (excludes halogenated alkanes) is 3. The summed E-state index contributed by atoms with van der Waals surface area (Å²) in [7, 11) is 1.53. The maximum Gasteiger partial charge on any atom is 0.330 e. The normalized spacial score (nSPS) is 10.2. The number of nitrogens with zero attached hydrogens (tertiary/aromatic N) is 2. The Morgan fingerprint density at radius 3 is 2.40 bits per heavy atom. The summed E-state index contributed by atoms with van der Waals surface area (Å²) in [6, 6.07) is 0. The van der Waals surface area contributed by atoms with E-state index in [1.165, 1.54) is 30.9 Å². The van der Waals surface area contributed by atoms with Gasteiger partial charge in [-0.15, -0.1) is 12.4 Å². The number of anilines is 1. The van der Waals surface area contributed by atoms with Crippen LogP contribution < -0.4 is 16.6 Å². The Labute approximate surface area is 126 Å². The van der Waals surface area contributed by atoms with Gasteiger partial charge in [-0.2, -0.15) is 0 Å². The number of halogens is 1. The zero-order valence-corrected chi connectivity index (χ0v) is 13.5. The second-order valence-electron chi connectivity index (χ2n) is 4.87. The maximum absolute atomic E-state index is 12.0. The summed E-state index contributed by atoms with van der Waals surface area (Å²) in [6.45, 7) is 5.59. The van der Waals surface area contributed by atoms with E-state index in [-0.39, 0.29) is 23.7 Å². The molecule has 1 aromatic rings. The third kappa shape index (κ3) is 5.04. The highest BCUT2D eigenvalue weighted by Crippen LogP contribution is 2.01. The van der Waals surface area contributed by atoms with Crippen molar-refractivity contribution in [1.82, 2.24) is 9.13 Å². The van der Waals surface area contributed by atoms with Gasteiger partial charge in [-0.1, -0.05) is 33.1 Å². The van der Waals surface area contributed by atoms with Gasteiger partial charge in [0.15, 0.2) is 0 Å². The SMILES string of the molecule is CCCCCCNc1cn(CCC)c(=O)n(C)c1=O.Cl. The van der Waals surface area contributed by atoms with Gasteiger partial charge in [0, 0.05) is 26.3 Å². The van der Waals surface area contributed by atoms with Crippen molar-refractivity contribution in [1.29, 1.82) is 0 Å². The standard InChI is InChI=1S/C14H25N3O2.ClH/c1-4-6-7-8-9-15-12-11-17(10-5-2)14(19)16(3)13(12)18;/h11,15H,4-10H2,1-3H3;1H. The molecule has 0 aliphatic carbocycles. The van der Waals surface area contributed by atoms with Crippen molar-refractivity contribution in [2.24, 2.45) is 7.05 Å². The predicted octanol–water partition coefficient (Wildman–Crippen LogP) is 2.37. The third-order valence-electron chi connectivity index (χ3n) is 3.16. The lowest BCUT2D eigenvalue weighted by molar-refractivity contribution is 0.591. The van der Waals surface area contributed by atoms with Crippen molar-refractivity contribution in [2.45, 2.75) is 52.5 Å². The van der Waals surface area contributed by atoms with Crippen LogP contribution in [0, 0.1) is 0 Å². The van der Waals surface area contributed by atoms with E-state index >= 15 is 0 Å². The summed E-state index contributed by atoms with van der Waals surface area (Å²) in [5, 5.41) is 3.15. The molecule has 0 amide bonds. The van der Waals surface area contributed by atoms with E-state index in [0.29, 0.717) is 12.2 Å². The van der Waals surface area contributed by atoms with Crippen molar-refractivity contribution in [2.75, 3.05) is 11.9 Å². The molecule has 20 heavy (non-hydrogen) atoms. The molecule has 0 aliphatic heterocycles. The van der Waals surface area contributed by atoms with Crippen LogP contribution in [0.2, 0.25) is 0 Å². The largest absolute Gasteiger partial charge is 0.379 e. The molecule has 0 spiro atoms. The number of nitrogens with one attached hydrogen (secondary N) is 1. The molecule has 0 aromatic carbocycles. The Kier molecular flexibility index (Phi) is 9.05. The third-order valence-corrected chi connectivity index (χ3v) is 3.16. The van der Waals surface area contributed by atoms with Crippen LogP contribution in [0.4, 0.5) is 5.69 Å². The van der Waals surface area contributed by atoms with Gasteiger partial charge in [0.25, 0.3) is 5.56 Å². The first-order valence-electron chi connectivity index (χ1n) is 7.16. The topological polar surface area (TPSA) is 56.0 Å². The predicted molar refractivity (Wildman–Crippen MR) is 86.1 cm³/mol. The second-order valence-corrected chi connectivity index (χ2v) is 4.87. The zero-order chi connectivity index (χ0) is 14.3. The summed E-state index contributed by atoms with van der Waals surface area (Å²) in [4.78, 5) is 23.8. The smallest absolute Gasteiger partial charge is 0.330 e. The van der Waals surface area contributed by atoms with Gasteiger partial charge in [-0.25, -0.2) is 4.79 Å². The number of hydrogen-bond donors (Lipinski definition) is 1. The molecule has 0 bridgehead atoms. The minimum Gasteiger partial charge on any atom is -0.379 e. The fourth-order valence-electron chi connectivity index (χ4n) is 2.02. The van der Waals surface area contributed by atoms with E-state index in [4.69, 9.17) is 0 Å². The van der Waals surface area contributed by atoms with E-state index in [9.17, 15) is 9.59 Å². The molecule has 6 heteroatoms. The van der Waals surface area contributed by atoms with E-state index in [1.54, 1.807) is 10.8 Å². The highest BCUT2D eigenvalue weighted by atomic mass is 35.5. The van der Waals surface area contributed by atoms with Crippen LogP contribution in [0.3, 0.4) is 0 Å². The van der Waals surface area contributed by atoms with Gasteiger partial charge in [0.1, 0.15) is 5.69 Å². The molecule has 116 valence electrons. The molecule has 5 nitrogen and oxygen atoms in total. The molecule has 0 unspecified atom stereocenters. The summed E-state index contributed by atoms with van der Waals surface area (Å²) >= 11 is 0. The van der Waals surface area contributed by atoms with Crippen molar-refractivity contribution >= 4 is 18.1 Å².